The Bertz CT molecular complexity index is 738. The summed E-state index contributed by atoms with van der Waals surface area (Å²) in [5.74, 6) is 0.583. The summed E-state index contributed by atoms with van der Waals surface area (Å²) in [6.07, 6.45) is 3.11. The van der Waals surface area contributed by atoms with Gasteiger partial charge in [-0.1, -0.05) is 18.2 Å². The van der Waals surface area contributed by atoms with Crippen LogP contribution in [-0.4, -0.2) is 28.8 Å². The Morgan fingerprint density at radius 1 is 1.25 bits per heavy atom. The molecule has 0 spiro atoms. The molecule has 126 valence electrons. The van der Waals surface area contributed by atoms with Gasteiger partial charge < -0.3 is 14.6 Å². The second-order valence-corrected chi connectivity index (χ2v) is 6.38. The number of hydrogen-bond acceptors (Lipinski definition) is 3. The molecule has 0 unspecified atom stereocenters. The fourth-order valence-electron chi connectivity index (χ4n) is 3.22. The van der Waals surface area contributed by atoms with Crippen LogP contribution in [-0.2, 0) is 11.3 Å². The summed E-state index contributed by atoms with van der Waals surface area (Å²) in [6.45, 7) is 4.72. The summed E-state index contributed by atoms with van der Waals surface area (Å²) in [4.78, 5) is 27.3. The highest BCUT2D eigenvalue weighted by Crippen LogP contribution is 2.31. The van der Waals surface area contributed by atoms with E-state index in [2.05, 4.69) is 5.32 Å². The van der Waals surface area contributed by atoms with Crippen molar-refractivity contribution < 1.29 is 14.0 Å². The van der Waals surface area contributed by atoms with Crippen molar-refractivity contribution in [2.75, 3.05) is 6.54 Å². The fraction of sp³-hybridized carbons (Fsp3) is 0.368. The maximum absolute atomic E-state index is 12.8. The topological polar surface area (TPSA) is 62.6 Å². The van der Waals surface area contributed by atoms with Crippen LogP contribution >= 0.6 is 0 Å². The van der Waals surface area contributed by atoms with Crippen LogP contribution in [0, 0.1) is 6.92 Å². The van der Waals surface area contributed by atoms with E-state index in [1.54, 1.807) is 23.3 Å². The molecule has 24 heavy (non-hydrogen) atoms. The Labute approximate surface area is 141 Å². The van der Waals surface area contributed by atoms with E-state index in [0.29, 0.717) is 25.1 Å². The highest BCUT2D eigenvalue weighted by molar-refractivity contribution is 5.99. The maximum atomic E-state index is 12.8. The Morgan fingerprint density at radius 2 is 2.00 bits per heavy atom. The van der Waals surface area contributed by atoms with E-state index < -0.39 is 5.54 Å². The van der Waals surface area contributed by atoms with Gasteiger partial charge in [-0.2, -0.15) is 0 Å². The average molecular weight is 326 g/mol. The van der Waals surface area contributed by atoms with E-state index in [-0.39, 0.29) is 11.8 Å². The maximum Gasteiger partial charge on any atom is 0.254 e. The predicted octanol–water partition coefficient (Wildman–Crippen LogP) is 2.90. The Hall–Kier alpha value is -2.56. The summed E-state index contributed by atoms with van der Waals surface area (Å²) >= 11 is 0. The number of nitrogens with one attached hydrogen (secondary N) is 1. The lowest BCUT2D eigenvalue weighted by Crippen LogP contribution is -2.55. The lowest BCUT2D eigenvalue weighted by molar-refractivity contribution is -0.130. The number of furan rings is 1. The largest absolute Gasteiger partial charge is 0.469 e. The number of amides is 2. The number of benzene rings is 1. The molecule has 1 aromatic heterocycles. The number of hydrogen-bond donors (Lipinski definition) is 1. The van der Waals surface area contributed by atoms with Crippen LogP contribution in [0.5, 0.6) is 0 Å². The van der Waals surface area contributed by atoms with Crippen LogP contribution < -0.4 is 5.32 Å². The lowest BCUT2D eigenvalue weighted by Gasteiger charge is -2.34. The van der Waals surface area contributed by atoms with E-state index in [1.165, 1.54) is 0 Å². The zero-order valence-electron chi connectivity index (χ0n) is 14.0. The molecule has 0 aliphatic carbocycles. The second kappa shape index (κ2) is 6.51. The molecule has 1 saturated heterocycles. The molecule has 1 aliphatic rings. The fourth-order valence-corrected chi connectivity index (χ4v) is 3.22. The summed E-state index contributed by atoms with van der Waals surface area (Å²) in [7, 11) is 0. The monoisotopic (exact) mass is 326 g/mol. The molecule has 1 atom stereocenters. The van der Waals surface area contributed by atoms with Gasteiger partial charge in [-0.25, -0.2) is 0 Å². The van der Waals surface area contributed by atoms with Gasteiger partial charge >= 0.3 is 0 Å². The normalized spacial score (nSPS) is 20.2. The Morgan fingerprint density at radius 3 is 2.67 bits per heavy atom. The number of carbonyl (C=O) groups excluding carboxylic acids is 2. The first-order valence-corrected chi connectivity index (χ1v) is 8.20. The SMILES string of the molecule is Cc1occc1CNC(=O)[C@@]1(C)CCCN1C(=O)c1ccccc1. The van der Waals surface area contributed by atoms with Gasteiger partial charge in [0.05, 0.1) is 6.26 Å². The van der Waals surface area contributed by atoms with E-state index >= 15 is 0 Å². The number of nitrogens with zero attached hydrogens (tertiary/aromatic N) is 1. The first-order chi connectivity index (χ1) is 11.5. The van der Waals surface area contributed by atoms with Gasteiger partial charge in [0.2, 0.25) is 5.91 Å². The van der Waals surface area contributed by atoms with Crippen molar-refractivity contribution in [3.05, 3.63) is 59.5 Å². The molecule has 5 heteroatoms. The standard InChI is InChI=1S/C19H22N2O3/c1-14-16(9-12-24-14)13-20-18(23)19(2)10-6-11-21(19)17(22)15-7-4-3-5-8-15/h3-5,7-9,12H,6,10-11,13H2,1-2H3,(H,20,23)/t19-/m1/s1. The van der Waals surface area contributed by atoms with Gasteiger partial charge in [0.25, 0.3) is 5.91 Å². The van der Waals surface area contributed by atoms with Crippen LogP contribution in [0.1, 0.15) is 41.4 Å². The first kappa shape index (κ1) is 16.3. The lowest BCUT2D eigenvalue weighted by atomic mass is 9.96. The van der Waals surface area contributed by atoms with Gasteiger partial charge in [-0.05, 0) is 44.9 Å². The molecule has 5 nitrogen and oxygen atoms in total. The average Bonchev–Trinajstić information content (AvgIpc) is 3.19. The first-order valence-electron chi connectivity index (χ1n) is 8.20. The molecule has 1 fully saturated rings. The second-order valence-electron chi connectivity index (χ2n) is 6.38. The van der Waals surface area contributed by atoms with Crippen LogP contribution in [0.4, 0.5) is 0 Å². The van der Waals surface area contributed by atoms with Gasteiger partial charge in [0.15, 0.2) is 0 Å². The highest BCUT2D eigenvalue weighted by atomic mass is 16.3. The minimum atomic E-state index is -0.815. The summed E-state index contributed by atoms with van der Waals surface area (Å²) in [6, 6.07) is 11.0. The molecule has 0 bridgehead atoms. The van der Waals surface area contributed by atoms with E-state index in [4.69, 9.17) is 4.42 Å². The molecule has 2 amide bonds. The third kappa shape index (κ3) is 2.94. The van der Waals surface area contributed by atoms with Crippen molar-refractivity contribution in [1.29, 1.82) is 0 Å². The van der Waals surface area contributed by atoms with E-state index in [9.17, 15) is 9.59 Å². The smallest absolute Gasteiger partial charge is 0.254 e. The zero-order valence-corrected chi connectivity index (χ0v) is 14.0. The van der Waals surface area contributed by atoms with Crippen molar-refractivity contribution in [2.45, 2.75) is 38.8 Å². The van der Waals surface area contributed by atoms with Crippen LogP contribution in [0.3, 0.4) is 0 Å². The number of likely N-dealkylation sites (tertiary alicyclic amines) is 1. The van der Waals surface area contributed by atoms with E-state index in [1.807, 2.05) is 38.1 Å². The minimum absolute atomic E-state index is 0.0924. The highest BCUT2D eigenvalue weighted by Gasteiger charge is 2.45. The van der Waals surface area contributed by atoms with Gasteiger partial charge in [-0.3, -0.25) is 9.59 Å². The summed E-state index contributed by atoms with van der Waals surface area (Å²) in [5, 5.41) is 2.95. The molecule has 3 rings (SSSR count). The van der Waals surface area contributed by atoms with Gasteiger partial charge in [-0.15, -0.1) is 0 Å². The molecule has 1 aromatic carbocycles. The Kier molecular flexibility index (Phi) is 4.42. The predicted molar refractivity (Wildman–Crippen MR) is 90.4 cm³/mol. The van der Waals surface area contributed by atoms with Gasteiger partial charge in [0.1, 0.15) is 11.3 Å². The van der Waals surface area contributed by atoms with Crippen LogP contribution in [0.2, 0.25) is 0 Å². The van der Waals surface area contributed by atoms with Crippen molar-refractivity contribution in [2.24, 2.45) is 0 Å². The third-order valence-electron chi connectivity index (χ3n) is 4.80. The molecule has 1 aliphatic heterocycles. The molecule has 0 radical (unpaired) electrons. The zero-order chi connectivity index (χ0) is 17.2. The van der Waals surface area contributed by atoms with Crippen LogP contribution in [0.15, 0.2) is 47.1 Å². The molecule has 2 heterocycles. The quantitative estimate of drug-likeness (QED) is 0.939. The van der Waals surface area contributed by atoms with Crippen molar-refractivity contribution >= 4 is 11.8 Å². The van der Waals surface area contributed by atoms with E-state index in [0.717, 1.165) is 17.7 Å². The third-order valence-corrected chi connectivity index (χ3v) is 4.80. The van der Waals surface area contributed by atoms with Crippen LogP contribution in [0.25, 0.3) is 0 Å². The molecular formula is C19H22N2O3. The Balaban J connectivity index is 1.73. The van der Waals surface area contributed by atoms with Crippen molar-refractivity contribution in [3.63, 3.8) is 0 Å². The number of carbonyl (C=O) groups is 2. The van der Waals surface area contributed by atoms with Crippen molar-refractivity contribution in [1.82, 2.24) is 10.2 Å². The number of aryl methyl sites for hydroxylation is 1. The number of rotatable bonds is 4. The molecule has 1 N–H and O–H groups in total. The summed E-state index contributed by atoms with van der Waals surface area (Å²) < 4.78 is 5.25. The molecular weight excluding hydrogens is 304 g/mol. The molecule has 2 aromatic rings. The van der Waals surface area contributed by atoms with Gasteiger partial charge in [0, 0.05) is 24.2 Å². The minimum Gasteiger partial charge on any atom is -0.469 e. The molecule has 0 saturated carbocycles. The summed E-state index contributed by atoms with van der Waals surface area (Å²) in [5.41, 5.74) is 0.750. The van der Waals surface area contributed by atoms with Crippen molar-refractivity contribution in [3.8, 4) is 0 Å².